The lowest BCUT2D eigenvalue weighted by molar-refractivity contribution is -0.135. The molecule has 1 atom stereocenters. The second kappa shape index (κ2) is 11.1. The molecule has 0 saturated heterocycles. The highest BCUT2D eigenvalue weighted by atomic mass is 32.1. The van der Waals surface area contributed by atoms with Crippen molar-refractivity contribution in [3.63, 3.8) is 0 Å². The number of ether oxygens (including phenoxy) is 1. The van der Waals surface area contributed by atoms with E-state index in [1.807, 2.05) is 55.1 Å². The first-order chi connectivity index (χ1) is 16.9. The number of aryl methyl sites for hydroxylation is 1. The number of carbonyl (C=O) groups excluding carboxylic acids is 2. The Morgan fingerprint density at radius 3 is 2.46 bits per heavy atom. The normalized spacial score (nSPS) is 15.1. The van der Waals surface area contributed by atoms with Crippen molar-refractivity contribution >= 4 is 23.2 Å². The van der Waals surface area contributed by atoms with Crippen LogP contribution in [0.25, 0.3) is 0 Å². The second-order valence-electron chi connectivity index (χ2n) is 9.37. The molecule has 3 aromatic rings. The van der Waals surface area contributed by atoms with Crippen LogP contribution < -0.4 is 4.74 Å². The van der Waals surface area contributed by atoms with E-state index in [1.54, 1.807) is 16.2 Å². The second-order valence-corrected chi connectivity index (χ2v) is 10.4. The van der Waals surface area contributed by atoms with Crippen molar-refractivity contribution in [3.05, 3.63) is 87.1 Å². The Labute approximate surface area is 212 Å². The summed E-state index contributed by atoms with van der Waals surface area (Å²) in [6, 6.07) is 17.6. The molecule has 184 valence electrons. The summed E-state index contributed by atoms with van der Waals surface area (Å²) in [6.45, 7) is 9.78. The number of likely N-dealkylation sites (N-methyl/N-ethyl adjacent to an activating group) is 1. The van der Waals surface area contributed by atoms with Crippen LogP contribution in [0.4, 0.5) is 0 Å². The molecule has 0 bridgehead atoms. The molecule has 35 heavy (non-hydrogen) atoms. The number of rotatable bonds is 8. The molecule has 0 aliphatic carbocycles. The lowest BCUT2D eigenvalue weighted by Crippen LogP contribution is -2.47. The molecule has 4 rings (SSSR count). The number of amides is 2. The Morgan fingerprint density at radius 1 is 1.09 bits per heavy atom. The Kier molecular flexibility index (Phi) is 7.91. The molecule has 0 radical (unpaired) electrons. The van der Waals surface area contributed by atoms with E-state index in [-0.39, 0.29) is 24.4 Å². The average Bonchev–Trinajstić information content (AvgIpc) is 3.35. The summed E-state index contributed by atoms with van der Waals surface area (Å²) in [4.78, 5) is 31.4. The number of hydrogen-bond acceptors (Lipinski definition) is 4. The minimum atomic E-state index is -0.171. The minimum absolute atomic E-state index is 0.0482. The molecular formula is C29H34N2O3S. The highest BCUT2D eigenvalue weighted by Gasteiger charge is 2.33. The predicted molar refractivity (Wildman–Crippen MR) is 141 cm³/mol. The molecule has 5 nitrogen and oxygen atoms in total. The van der Waals surface area contributed by atoms with Crippen LogP contribution in [0.5, 0.6) is 5.75 Å². The number of nitrogens with zero attached hydrogens (tertiary/aromatic N) is 2. The van der Waals surface area contributed by atoms with E-state index in [9.17, 15) is 9.59 Å². The van der Waals surface area contributed by atoms with Gasteiger partial charge in [0.05, 0.1) is 6.04 Å². The third-order valence-electron chi connectivity index (χ3n) is 6.66. The zero-order valence-electron chi connectivity index (χ0n) is 21.0. The summed E-state index contributed by atoms with van der Waals surface area (Å²) in [7, 11) is 0. The van der Waals surface area contributed by atoms with Crippen molar-refractivity contribution in [2.24, 2.45) is 0 Å². The maximum Gasteiger partial charge on any atom is 0.254 e. The van der Waals surface area contributed by atoms with Crippen molar-refractivity contribution in [3.8, 4) is 5.75 Å². The van der Waals surface area contributed by atoms with Gasteiger partial charge in [0.2, 0.25) is 5.91 Å². The lowest BCUT2D eigenvalue weighted by Gasteiger charge is -2.37. The number of thiophene rings is 1. The first-order valence-electron chi connectivity index (χ1n) is 12.3. The SMILES string of the molecule is CCN(CC(=O)N1CCc2sccc2C1COc1ccc(C(C)C)cc1)C(=O)c1ccc(C)cc1. The number of hydrogen-bond donors (Lipinski definition) is 0. The zero-order valence-corrected chi connectivity index (χ0v) is 21.8. The van der Waals surface area contributed by atoms with Crippen molar-refractivity contribution in [2.45, 2.75) is 46.1 Å². The largest absolute Gasteiger partial charge is 0.491 e. The van der Waals surface area contributed by atoms with Crippen LogP contribution in [0.3, 0.4) is 0 Å². The molecule has 1 aliphatic rings. The summed E-state index contributed by atoms with van der Waals surface area (Å²) in [5, 5.41) is 2.09. The molecule has 6 heteroatoms. The van der Waals surface area contributed by atoms with Crippen LogP contribution in [-0.4, -0.2) is 47.9 Å². The van der Waals surface area contributed by atoms with E-state index in [0.717, 1.165) is 23.3 Å². The van der Waals surface area contributed by atoms with Crippen LogP contribution in [0.1, 0.15) is 64.7 Å². The summed E-state index contributed by atoms with van der Waals surface area (Å²) < 4.78 is 6.18. The Hall–Kier alpha value is -3.12. The van der Waals surface area contributed by atoms with Gasteiger partial charge in [-0.2, -0.15) is 0 Å². The molecule has 1 unspecified atom stereocenters. The van der Waals surface area contributed by atoms with Gasteiger partial charge in [-0.1, -0.05) is 43.7 Å². The molecule has 0 fully saturated rings. The third-order valence-corrected chi connectivity index (χ3v) is 7.66. The molecule has 0 N–H and O–H groups in total. The van der Waals surface area contributed by atoms with Crippen LogP contribution >= 0.6 is 11.3 Å². The molecule has 1 aliphatic heterocycles. The van der Waals surface area contributed by atoms with Gasteiger partial charge in [0.25, 0.3) is 5.91 Å². The maximum atomic E-state index is 13.5. The first-order valence-corrected chi connectivity index (χ1v) is 13.2. The van der Waals surface area contributed by atoms with Crippen LogP contribution in [0.2, 0.25) is 0 Å². The van der Waals surface area contributed by atoms with Crippen LogP contribution in [0, 0.1) is 6.92 Å². The zero-order chi connectivity index (χ0) is 24.9. The van der Waals surface area contributed by atoms with Crippen molar-refractivity contribution in [2.75, 3.05) is 26.2 Å². The lowest BCUT2D eigenvalue weighted by atomic mass is 10.00. The van der Waals surface area contributed by atoms with Gasteiger partial charge in [-0.15, -0.1) is 11.3 Å². The number of carbonyl (C=O) groups is 2. The topological polar surface area (TPSA) is 49.9 Å². The van der Waals surface area contributed by atoms with E-state index in [1.165, 1.54) is 10.4 Å². The average molecular weight is 491 g/mol. The molecule has 2 aromatic carbocycles. The summed E-state index contributed by atoms with van der Waals surface area (Å²) in [5.74, 6) is 1.10. The summed E-state index contributed by atoms with van der Waals surface area (Å²) >= 11 is 1.73. The van der Waals surface area contributed by atoms with E-state index < -0.39 is 0 Å². The minimum Gasteiger partial charge on any atom is -0.491 e. The Balaban J connectivity index is 1.48. The molecule has 1 aromatic heterocycles. The fourth-order valence-electron chi connectivity index (χ4n) is 4.46. The third kappa shape index (κ3) is 5.76. The standard InChI is InChI=1S/C29H34N2O3S/c1-5-30(29(33)23-8-6-21(4)7-9-23)18-28(32)31-16-14-27-25(15-17-35-27)26(31)19-34-24-12-10-22(11-13-24)20(2)3/h6-13,15,17,20,26H,5,14,16,18-19H2,1-4H3. The molecule has 2 heterocycles. The molecular weight excluding hydrogens is 456 g/mol. The van der Waals surface area contributed by atoms with Gasteiger partial charge in [-0.05, 0) is 73.0 Å². The highest BCUT2D eigenvalue weighted by molar-refractivity contribution is 7.10. The van der Waals surface area contributed by atoms with Crippen LogP contribution in [0.15, 0.2) is 60.0 Å². The fourth-order valence-corrected chi connectivity index (χ4v) is 5.39. The van der Waals surface area contributed by atoms with Gasteiger partial charge in [0.15, 0.2) is 0 Å². The van der Waals surface area contributed by atoms with Gasteiger partial charge in [0.1, 0.15) is 18.9 Å². The van der Waals surface area contributed by atoms with E-state index in [0.29, 0.717) is 31.2 Å². The van der Waals surface area contributed by atoms with Crippen molar-refractivity contribution in [1.29, 1.82) is 0 Å². The van der Waals surface area contributed by atoms with Gasteiger partial charge >= 0.3 is 0 Å². The quantitative estimate of drug-likeness (QED) is 0.398. The molecule has 2 amide bonds. The molecule has 0 spiro atoms. The highest BCUT2D eigenvalue weighted by Crippen LogP contribution is 2.34. The van der Waals surface area contributed by atoms with E-state index in [2.05, 4.69) is 37.4 Å². The van der Waals surface area contributed by atoms with Gasteiger partial charge in [-0.25, -0.2) is 0 Å². The Bertz CT molecular complexity index is 1150. The predicted octanol–water partition coefficient (Wildman–Crippen LogP) is 5.85. The summed E-state index contributed by atoms with van der Waals surface area (Å²) in [6.07, 6.45) is 0.830. The number of benzene rings is 2. The first kappa shape index (κ1) is 25.0. The van der Waals surface area contributed by atoms with Gasteiger partial charge < -0.3 is 14.5 Å². The van der Waals surface area contributed by atoms with Crippen LogP contribution in [-0.2, 0) is 11.2 Å². The van der Waals surface area contributed by atoms with E-state index in [4.69, 9.17) is 4.74 Å². The smallest absolute Gasteiger partial charge is 0.254 e. The van der Waals surface area contributed by atoms with Gasteiger partial charge in [-0.3, -0.25) is 9.59 Å². The molecule has 0 saturated carbocycles. The maximum absolute atomic E-state index is 13.5. The summed E-state index contributed by atoms with van der Waals surface area (Å²) in [5.41, 5.74) is 4.13. The van der Waals surface area contributed by atoms with Gasteiger partial charge in [0, 0.05) is 23.5 Å². The Morgan fingerprint density at radius 2 is 1.80 bits per heavy atom. The fraction of sp³-hybridized carbons (Fsp3) is 0.379. The monoisotopic (exact) mass is 490 g/mol. The van der Waals surface area contributed by atoms with E-state index >= 15 is 0 Å². The number of fused-ring (bicyclic) bond motifs is 1. The van der Waals surface area contributed by atoms with Crippen molar-refractivity contribution < 1.29 is 14.3 Å². The van der Waals surface area contributed by atoms with Crippen molar-refractivity contribution in [1.82, 2.24) is 9.80 Å².